The number of alkyl halides is 1. The third-order valence-corrected chi connectivity index (χ3v) is 4.08. The first-order valence-electron chi connectivity index (χ1n) is 6.74. The molecule has 5 heteroatoms. The SMILES string of the molecule is COC1CCC(n2c(CCCl)nc3cccnc32)C1. The molecule has 2 aromatic rings. The number of imidazole rings is 1. The molecule has 0 aromatic carbocycles. The Bertz CT molecular complexity index is 569. The van der Waals surface area contributed by atoms with Gasteiger partial charge in [-0.25, -0.2) is 9.97 Å². The maximum Gasteiger partial charge on any atom is 0.160 e. The van der Waals surface area contributed by atoms with Crippen molar-refractivity contribution < 1.29 is 4.74 Å². The Morgan fingerprint density at radius 1 is 1.47 bits per heavy atom. The van der Waals surface area contributed by atoms with Gasteiger partial charge in [-0.05, 0) is 31.4 Å². The normalized spacial score (nSPS) is 23.3. The molecule has 0 bridgehead atoms. The number of aryl methyl sites for hydroxylation is 1. The standard InChI is InChI=1S/C14H18ClN3O/c1-19-11-5-4-10(9-11)18-13(6-7-15)17-12-3-2-8-16-14(12)18/h2-3,8,10-11H,4-7,9H2,1H3. The van der Waals surface area contributed by atoms with E-state index in [9.17, 15) is 0 Å². The van der Waals surface area contributed by atoms with Crippen LogP contribution in [-0.2, 0) is 11.2 Å². The predicted octanol–water partition coefficient (Wildman–Crippen LogP) is 2.95. The van der Waals surface area contributed by atoms with Crippen molar-refractivity contribution in [3.05, 3.63) is 24.2 Å². The zero-order valence-electron chi connectivity index (χ0n) is 11.1. The lowest BCUT2D eigenvalue weighted by atomic mass is 10.2. The summed E-state index contributed by atoms with van der Waals surface area (Å²) in [5.74, 6) is 1.63. The average molecular weight is 280 g/mol. The molecule has 4 nitrogen and oxygen atoms in total. The number of hydrogen-bond acceptors (Lipinski definition) is 3. The Morgan fingerprint density at radius 2 is 2.37 bits per heavy atom. The van der Waals surface area contributed by atoms with Gasteiger partial charge in [0, 0.05) is 31.6 Å². The zero-order valence-corrected chi connectivity index (χ0v) is 11.8. The quantitative estimate of drug-likeness (QED) is 0.808. The van der Waals surface area contributed by atoms with Crippen molar-refractivity contribution in [1.82, 2.24) is 14.5 Å². The number of pyridine rings is 1. The Kier molecular flexibility index (Phi) is 3.71. The molecule has 1 saturated carbocycles. The summed E-state index contributed by atoms with van der Waals surface area (Å²) in [4.78, 5) is 9.17. The minimum Gasteiger partial charge on any atom is -0.381 e. The number of hydrogen-bond donors (Lipinski definition) is 0. The third-order valence-electron chi connectivity index (χ3n) is 3.90. The summed E-state index contributed by atoms with van der Waals surface area (Å²) in [5.41, 5.74) is 1.94. The molecule has 0 aliphatic heterocycles. The summed E-state index contributed by atoms with van der Waals surface area (Å²) in [6.45, 7) is 0. The highest BCUT2D eigenvalue weighted by molar-refractivity contribution is 6.17. The highest BCUT2D eigenvalue weighted by Crippen LogP contribution is 2.34. The lowest BCUT2D eigenvalue weighted by Gasteiger charge is -2.16. The van der Waals surface area contributed by atoms with E-state index >= 15 is 0 Å². The maximum absolute atomic E-state index is 5.90. The second-order valence-electron chi connectivity index (χ2n) is 5.01. The van der Waals surface area contributed by atoms with Gasteiger partial charge in [0.25, 0.3) is 0 Å². The van der Waals surface area contributed by atoms with E-state index in [0.717, 1.165) is 42.7 Å². The summed E-state index contributed by atoms with van der Waals surface area (Å²) in [6.07, 6.45) is 6.23. The van der Waals surface area contributed by atoms with Crippen LogP contribution in [0.15, 0.2) is 18.3 Å². The van der Waals surface area contributed by atoms with Crippen LogP contribution in [0.3, 0.4) is 0 Å². The number of nitrogens with zero attached hydrogens (tertiary/aromatic N) is 3. The Morgan fingerprint density at radius 3 is 3.11 bits per heavy atom. The maximum atomic E-state index is 5.90. The van der Waals surface area contributed by atoms with Crippen molar-refractivity contribution in [2.24, 2.45) is 0 Å². The van der Waals surface area contributed by atoms with Crippen LogP contribution in [0.25, 0.3) is 11.2 Å². The third kappa shape index (κ3) is 2.35. The highest BCUT2D eigenvalue weighted by atomic mass is 35.5. The van der Waals surface area contributed by atoms with Crippen LogP contribution in [0.5, 0.6) is 0 Å². The van der Waals surface area contributed by atoms with Gasteiger partial charge < -0.3 is 9.30 Å². The van der Waals surface area contributed by atoms with Crippen LogP contribution in [0, 0.1) is 0 Å². The van der Waals surface area contributed by atoms with E-state index in [4.69, 9.17) is 16.3 Å². The molecule has 102 valence electrons. The lowest BCUT2D eigenvalue weighted by molar-refractivity contribution is 0.106. The number of aromatic nitrogens is 3. The first-order valence-corrected chi connectivity index (χ1v) is 7.27. The van der Waals surface area contributed by atoms with Crippen LogP contribution < -0.4 is 0 Å². The van der Waals surface area contributed by atoms with Gasteiger partial charge >= 0.3 is 0 Å². The Balaban J connectivity index is 2.02. The molecule has 2 unspecified atom stereocenters. The van der Waals surface area contributed by atoms with E-state index < -0.39 is 0 Å². The fourth-order valence-corrected chi connectivity index (χ4v) is 3.16. The topological polar surface area (TPSA) is 39.9 Å². The van der Waals surface area contributed by atoms with Gasteiger partial charge in [0.2, 0.25) is 0 Å². The van der Waals surface area contributed by atoms with E-state index in [1.165, 1.54) is 0 Å². The van der Waals surface area contributed by atoms with Crippen molar-refractivity contribution in [3.8, 4) is 0 Å². The fourth-order valence-electron chi connectivity index (χ4n) is 2.99. The number of methoxy groups -OCH3 is 1. The number of ether oxygens (including phenoxy) is 1. The van der Waals surface area contributed by atoms with Crippen LogP contribution in [0.1, 0.15) is 31.1 Å². The van der Waals surface area contributed by atoms with E-state index in [1.807, 2.05) is 18.3 Å². The molecule has 0 amide bonds. The summed E-state index contributed by atoms with van der Waals surface area (Å²) < 4.78 is 7.75. The monoisotopic (exact) mass is 279 g/mol. The molecular weight excluding hydrogens is 262 g/mol. The lowest BCUT2D eigenvalue weighted by Crippen LogP contribution is -2.12. The Labute approximate surface area is 117 Å². The van der Waals surface area contributed by atoms with E-state index in [1.54, 1.807) is 7.11 Å². The molecule has 0 spiro atoms. The molecule has 2 heterocycles. The molecule has 2 aromatic heterocycles. The van der Waals surface area contributed by atoms with Crippen LogP contribution in [0.4, 0.5) is 0 Å². The van der Waals surface area contributed by atoms with Gasteiger partial charge in [0.05, 0.1) is 6.10 Å². The highest BCUT2D eigenvalue weighted by Gasteiger charge is 2.28. The molecule has 0 N–H and O–H groups in total. The smallest absolute Gasteiger partial charge is 0.160 e. The largest absolute Gasteiger partial charge is 0.381 e. The zero-order chi connectivity index (χ0) is 13.2. The van der Waals surface area contributed by atoms with Crippen LogP contribution in [-0.4, -0.2) is 33.6 Å². The van der Waals surface area contributed by atoms with E-state index in [-0.39, 0.29) is 0 Å². The molecule has 3 rings (SSSR count). The molecular formula is C14H18ClN3O. The van der Waals surface area contributed by atoms with Gasteiger partial charge in [-0.15, -0.1) is 11.6 Å². The first-order chi connectivity index (χ1) is 9.33. The molecule has 19 heavy (non-hydrogen) atoms. The van der Waals surface area contributed by atoms with Crippen molar-refractivity contribution in [1.29, 1.82) is 0 Å². The second-order valence-corrected chi connectivity index (χ2v) is 5.39. The van der Waals surface area contributed by atoms with Crippen molar-refractivity contribution in [2.45, 2.75) is 37.8 Å². The molecule has 0 radical (unpaired) electrons. The molecule has 1 aliphatic carbocycles. The molecule has 1 aliphatic rings. The summed E-state index contributed by atoms with van der Waals surface area (Å²) in [5, 5.41) is 0. The average Bonchev–Trinajstić information content (AvgIpc) is 3.02. The van der Waals surface area contributed by atoms with Gasteiger partial charge in [-0.3, -0.25) is 0 Å². The van der Waals surface area contributed by atoms with Gasteiger partial charge in [0.15, 0.2) is 5.65 Å². The molecule has 0 saturated heterocycles. The Hall–Kier alpha value is -1.13. The second kappa shape index (κ2) is 5.47. The summed E-state index contributed by atoms with van der Waals surface area (Å²) >= 11 is 5.90. The molecule has 1 fully saturated rings. The van der Waals surface area contributed by atoms with Crippen molar-refractivity contribution >= 4 is 22.8 Å². The van der Waals surface area contributed by atoms with Gasteiger partial charge in [-0.2, -0.15) is 0 Å². The molecule has 2 atom stereocenters. The van der Waals surface area contributed by atoms with Crippen molar-refractivity contribution in [2.75, 3.05) is 13.0 Å². The van der Waals surface area contributed by atoms with Gasteiger partial charge in [0.1, 0.15) is 11.3 Å². The summed E-state index contributed by atoms with van der Waals surface area (Å²) in [6, 6.07) is 4.37. The van der Waals surface area contributed by atoms with E-state index in [0.29, 0.717) is 18.0 Å². The predicted molar refractivity (Wildman–Crippen MR) is 75.6 cm³/mol. The van der Waals surface area contributed by atoms with Crippen LogP contribution >= 0.6 is 11.6 Å². The number of halogens is 1. The van der Waals surface area contributed by atoms with Gasteiger partial charge in [-0.1, -0.05) is 0 Å². The van der Waals surface area contributed by atoms with Crippen LogP contribution in [0.2, 0.25) is 0 Å². The minimum absolute atomic E-state index is 0.356. The minimum atomic E-state index is 0.356. The number of fused-ring (bicyclic) bond motifs is 1. The fraction of sp³-hybridized carbons (Fsp3) is 0.571. The summed E-state index contributed by atoms with van der Waals surface area (Å²) in [7, 11) is 1.79. The number of rotatable bonds is 4. The van der Waals surface area contributed by atoms with E-state index in [2.05, 4.69) is 14.5 Å². The van der Waals surface area contributed by atoms with Crippen molar-refractivity contribution in [3.63, 3.8) is 0 Å². The first kappa shape index (κ1) is 12.9.